The van der Waals surface area contributed by atoms with Gasteiger partial charge in [-0.05, 0) is 19.8 Å². The van der Waals surface area contributed by atoms with Crippen LogP contribution in [0.15, 0.2) is 0 Å². The Kier molecular flexibility index (Phi) is 3.43. The van der Waals surface area contributed by atoms with Gasteiger partial charge in [-0.1, -0.05) is 20.8 Å². The number of amides is 2. The van der Waals surface area contributed by atoms with Crippen molar-refractivity contribution in [1.82, 2.24) is 4.90 Å². The predicted octanol–water partition coefficient (Wildman–Crippen LogP) is 1.32. The summed E-state index contributed by atoms with van der Waals surface area (Å²) in [6.07, 6.45) is 1.38. The molecule has 0 bridgehead atoms. The molecular weight excluding hydrogens is 206 g/mol. The van der Waals surface area contributed by atoms with Crippen molar-refractivity contribution in [3.8, 4) is 0 Å². The molecule has 1 N–H and O–H groups in total. The predicted molar refractivity (Wildman–Crippen MR) is 60.6 cm³/mol. The number of likely N-dealkylation sites (tertiary alicyclic amines) is 1. The fourth-order valence-electron chi connectivity index (χ4n) is 2.18. The molecule has 2 amide bonds. The van der Waals surface area contributed by atoms with E-state index in [-0.39, 0.29) is 24.8 Å². The highest BCUT2D eigenvalue weighted by atomic mass is 16.3. The van der Waals surface area contributed by atoms with Crippen molar-refractivity contribution in [3.63, 3.8) is 0 Å². The summed E-state index contributed by atoms with van der Waals surface area (Å²) in [7, 11) is 0. The number of aliphatic hydroxyl groups excluding tert-OH is 1. The van der Waals surface area contributed by atoms with E-state index in [1.807, 2.05) is 13.8 Å². The third-order valence-electron chi connectivity index (χ3n) is 3.58. The van der Waals surface area contributed by atoms with Crippen LogP contribution in [-0.4, -0.2) is 34.0 Å². The van der Waals surface area contributed by atoms with E-state index in [1.54, 1.807) is 13.8 Å². The summed E-state index contributed by atoms with van der Waals surface area (Å²) in [5, 5.41) is 9.05. The lowest BCUT2D eigenvalue weighted by Gasteiger charge is -2.37. The molecular formula is C12H21NO3. The van der Waals surface area contributed by atoms with Gasteiger partial charge in [-0.15, -0.1) is 0 Å². The smallest absolute Gasteiger partial charge is 0.235 e. The van der Waals surface area contributed by atoms with Gasteiger partial charge in [0.2, 0.25) is 11.8 Å². The Morgan fingerprint density at radius 2 is 2.00 bits per heavy atom. The minimum atomic E-state index is -0.594. The standard InChI is InChI=1S/C12H21NO3/c1-5-12(4,6-7-14)13-9(15)8-11(2,3)10(13)16/h14H,5-8H2,1-4H3. The van der Waals surface area contributed by atoms with Crippen LogP contribution in [0.1, 0.15) is 47.0 Å². The van der Waals surface area contributed by atoms with Crippen molar-refractivity contribution in [2.45, 2.75) is 52.5 Å². The maximum absolute atomic E-state index is 12.1. The minimum Gasteiger partial charge on any atom is -0.396 e. The third kappa shape index (κ3) is 1.98. The largest absolute Gasteiger partial charge is 0.396 e. The first kappa shape index (κ1) is 13.2. The van der Waals surface area contributed by atoms with Crippen LogP contribution in [0.4, 0.5) is 0 Å². The summed E-state index contributed by atoms with van der Waals surface area (Å²) >= 11 is 0. The lowest BCUT2D eigenvalue weighted by molar-refractivity contribution is -0.148. The quantitative estimate of drug-likeness (QED) is 0.737. The summed E-state index contributed by atoms with van der Waals surface area (Å²) in [6, 6.07) is 0. The molecule has 0 aromatic heterocycles. The molecule has 1 aliphatic heterocycles. The Bertz CT molecular complexity index is 311. The molecule has 4 nitrogen and oxygen atoms in total. The molecule has 1 heterocycles. The van der Waals surface area contributed by atoms with Crippen molar-refractivity contribution in [3.05, 3.63) is 0 Å². The van der Waals surface area contributed by atoms with E-state index in [0.29, 0.717) is 12.8 Å². The number of hydrogen-bond donors (Lipinski definition) is 1. The molecule has 0 spiro atoms. The normalized spacial score (nSPS) is 23.7. The van der Waals surface area contributed by atoms with E-state index in [2.05, 4.69) is 0 Å². The van der Waals surface area contributed by atoms with Crippen molar-refractivity contribution in [2.24, 2.45) is 5.41 Å². The molecule has 0 aliphatic carbocycles. The fraction of sp³-hybridized carbons (Fsp3) is 0.833. The zero-order valence-electron chi connectivity index (χ0n) is 10.5. The second kappa shape index (κ2) is 4.17. The minimum absolute atomic E-state index is 0.0121. The van der Waals surface area contributed by atoms with Gasteiger partial charge < -0.3 is 5.11 Å². The molecule has 1 saturated heterocycles. The van der Waals surface area contributed by atoms with Crippen LogP contribution in [0, 0.1) is 5.41 Å². The molecule has 0 aromatic carbocycles. The number of imide groups is 1. The first-order valence-corrected chi connectivity index (χ1v) is 5.77. The van der Waals surface area contributed by atoms with Gasteiger partial charge in [-0.2, -0.15) is 0 Å². The number of aliphatic hydroxyl groups is 1. The van der Waals surface area contributed by atoms with Gasteiger partial charge in [0.15, 0.2) is 0 Å². The summed E-state index contributed by atoms with van der Waals surface area (Å²) in [6.45, 7) is 7.37. The number of hydrogen-bond acceptors (Lipinski definition) is 3. The number of carbonyl (C=O) groups is 2. The molecule has 92 valence electrons. The van der Waals surface area contributed by atoms with Crippen LogP contribution >= 0.6 is 0 Å². The van der Waals surface area contributed by atoms with E-state index in [0.717, 1.165) is 0 Å². The molecule has 0 radical (unpaired) electrons. The van der Waals surface area contributed by atoms with Crippen LogP contribution in [0.5, 0.6) is 0 Å². The van der Waals surface area contributed by atoms with Crippen LogP contribution < -0.4 is 0 Å². The fourth-order valence-corrected chi connectivity index (χ4v) is 2.18. The van der Waals surface area contributed by atoms with E-state index in [4.69, 9.17) is 5.11 Å². The average molecular weight is 227 g/mol. The number of nitrogens with zero attached hydrogens (tertiary/aromatic N) is 1. The van der Waals surface area contributed by atoms with E-state index in [9.17, 15) is 9.59 Å². The first-order valence-electron chi connectivity index (χ1n) is 5.77. The second-order valence-corrected chi connectivity index (χ2v) is 5.42. The van der Waals surface area contributed by atoms with E-state index < -0.39 is 11.0 Å². The van der Waals surface area contributed by atoms with Gasteiger partial charge in [0, 0.05) is 18.6 Å². The Hall–Kier alpha value is -0.900. The van der Waals surface area contributed by atoms with Gasteiger partial charge >= 0.3 is 0 Å². The van der Waals surface area contributed by atoms with Crippen molar-refractivity contribution < 1.29 is 14.7 Å². The highest BCUT2D eigenvalue weighted by Crippen LogP contribution is 2.38. The van der Waals surface area contributed by atoms with Gasteiger partial charge in [-0.3, -0.25) is 14.5 Å². The zero-order chi connectivity index (χ0) is 12.6. The Morgan fingerprint density at radius 3 is 2.31 bits per heavy atom. The summed E-state index contributed by atoms with van der Waals surface area (Å²) < 4.78 is 0. The molecule has 1 rings (SSSR count). The lowest BCUT2D eigenvalue weighted by Crippen LogP contribution is -2.50. The Morgan fingerprint density at radius 1 is 1.44 bits per heavy atom. The van der Waals surface area contributed by atoms with Crippen LogP contribution in [0.25, 0.3) is 0 Å². The molecule has 1 fully saturated rings. The van der Waals surface area contributed by atoms with Crippen LogP contribution in [-0.2, 0) is 9.59 Å². The van der Waals surface area contributed by atoms with Crippen LogP contribution in [0.2, 0.25) is 0 Å². The van der Waals surface area contributed by atoms with Crippen LogP contribution in [0.3, 0.4) is 0 Å². The Balaban J connectivity index is 3.03. The van der Waals surface area contributed by atoms with Crippen molar-refractivity contribution in [1.29, 1.82) is 0 Å². The molecule has 1 aliphatic rings. The first-order chi connectivity index (χ1) is 7.28. The van der Waals surface area contributed by atoms with Gasteiger partial charge in [0.25, 0.3) is 0 Å². The van der Waals surface area contributed by atoms with E-state index >= 15 is 0 Å². The summed E-state index contributed by atoms with van der Waals surface area (Å²) in [5.41, 5.74) is -1.14. The monoisotopic (exact) mass is 227 g/mol. The molecule has 0 saturated carbocycles. The number of rotatable bonds is 4. The van der Waals surface area contributed by atoms with Crippen molar-refractivity contribution in [2.75, 3.05) is 6.61 Å². The number of carbonyl (C=O) groups excluding carboxylic acids is 2. The third-order valence-corrected chi connectivity index (χ3v) is 3.58. The van der Waals surface area contributed by atoms with Gasteiger partial charge in [0.1, 0.15) is 0 Å². The SMILES string of the molecule is CCC(C)(CCO)N1C(=O)CC(C)(C)C1=O. The molecule has 1 atom stereocenters. The van der Waals surface area contributed by atoms with Crippen molar-refractivity contribution >= 4 is 11.8 Å². The highest BCUT2D eigenvalue weighted by molar-refractivity contribution is 6.06. The average Bonchev–Trinajstić information content (AvgIpc) is 2.37. The summed E-state index contributed by atoms with van der Waals surface area (Å²) in [5.74, 6) is -0.233. The summed E-state index contributed by atoms with van der Waals surface area (Å²) in [4.78, 5) is 25.4. The Labute approximate surface area is 96.6 Å². The molecule has 16 heavy (non-hydrogen) atoms. The topological polar surface area (TPSA) is 57.6 Å². The lowest BCUT2D eigenvalue weighted by atomic mass is 9.90. The zero-order valence-corrected chi connectivity index (χ0v) is 10.5. The maximum Gasteiger partial charge on any atom is 0.235 e. The van der Waals surface area contributed by atoms with E-state index in [1.165, 1.54) is 4.90 Å². The van der Waals surface area contributed by atoms with Gasteiger partial charge in [-0.25, -0.2) is 0 Å². The maximum atomic E-state index is 12.1. The molecule has 4 heteroatoms. The van der Waals surface area contributed by atoms with Gasteiger partial charge in [0.05, 0.1) is 5.41 Å². The molecule has 0 aromatic rings. The second-order valence-electron chi connectivity index (χ2n) is 5.42. The highest BCUT2D eigenvalue weighted by Gasteiger charge is 2.50. The molecule has 1 unspecified atom stereocenters.